The zero-order valence-corrected chi connectivity index (χ0v) is 23.1. The van der Waals surface area contributed by atoms with Crippen LogP contribution in [0.4, 0.5) is 10.1 Å². The molecule has 3 heterocycles. The first kappa shape index (κ1) is 26.6. The number of pyridine rings is 1. The van der Waals surface area contributed by atoms with Crippen LogP contribution in [0.1, 0.15) is 53.6 Å². The Morgan fingerprint density at radius 2 is 1.82 bits per heavy atom. The molecule has 1 amide bonds. The second-order valence-electron chi connectivity index (χ2n) is 9.78. The summed E-state index contributed by atoms with van der Waals surface area (Å²) in [6, 6.07) is 22.5. The van der Waals surface area contributed by atoms with Gasteiger partial charge in [-0.2, -0.15) is 0 Å². The lowest BCUT2D eigenvalue weighted by Gasteiger charge is -2.28. The molecular formula is C31H32FN5OS. The van der Waals surface area contributed by atoms with Crippen LogP contribution in [0.2, 0.25) is 0 Å². The van der Waals surface area contributed by atoms with Gasteiger partial charge in [-0.3, -0.25) is 9.78 Å². The highest BCUT2D eigenvalue weighted by Crippen LogP contribution is 2.41. The van der Waals surface area contributed by atoms with Gasteiger partial charge in [0, 0.05) is 36.2 Å². The van der Waals surface area contributed by atoms with Crippen molar-refractivity contribution in [2.24, 2.45) is 0 Å². The van der Waals surface area contributed by atoms with Crippen molar-refractivity contribution in [2.75, 3.05) is 11.9 Å². The molecule has 0 aliphatic carbocycles. The van der Waals surface area contributed by atoms with Crippen molar-refractivity contribution >= 4 is 28.9 Å². The molecule has 2 atom stereocenters. The molecule has 5 rings (SSSR count). The average molecular weight is 542 g/mol. The van der Waals surface area contributed by atoms with E-state index < -0.39 is 5.82 Å². The number of amides is 1. The van der Waals surface area contributed by atoms with Gasteiger partial charge in [-0.1, -0.05) is 37.3 Å². The van der Waals surface area contributed by atoms with Gasteiger partial charge < -0.3 is 20.1 Å². The van der Waals surface area contributed by atoms with Crippen LogP contribution in [0.3, 0.4) is 0 Å². The molecule has 0 saturated carbocycles. The van der Waals surface area contributed by atoms with Crippen molar-refractivity contribution in [3.8, 4) is 5.69 Å². The predicted molar refractivity (Wildman–Crippen MR) is 156 cm³/mol. The molecule has 1 saturated heterocycles. The number of hydrogen-bond acceptors (Lipinski definition) is 3. The summed E-state index contributed by atoms with van der Waals surface area (Å²) in [5, 5.41) is 6.70. The van der Waals surface area contributed by atoms with Gasteiger partial charge in [-0.05, 0) is 86.1 Å². The van der Waals surface area contributed by atoms with Gasteiger partial charge in [0.2, 0.25) is 5.91 Å². The van der Waals surface area contributed by atoms with E-state index in [1.54, 1.807) is 24.4 Å². The van der Waals surface area contributed by atoms with Gasteiger partial charge >= 0.3 is 0 Å². The van der Waals surface area contributed by atoms with Crippen LogP contribution in [-0.2, 0) is 11.2 Å². The lowest BCUT2D eigenvalue weighted by atomic mass is 9.96. The van der Waals surface area contributed by atoms with Gasteiger partial charge in [0.15, 0.2) is 5.11 Å². The van der Waals surface area contributed by atoms with E-state index in [-0.39, 0.29) is 30.1 Å². The summed E-state index contributed by atoms with van der Waals surface area (Å²) in [7, 11) is 0. The van der Waals surface area contributed by atoms with Crippen molar-refractivity contribution in [1.82, 2.24) is 19.8 Å². The van der Waals surface area contributed by atoms with E-state index in [1.165, 1.54) is 11.6 Å². The molecule has 0 spiro atoms. The summed E-state index contributed by atoms with van der Waals surface area (Å²) in [5.74, 6) is -0.735. The zero-order valence-electron chi connectivity index (χ0n) is 22.3. The SMILES string of the molecule is CCc1ccc(-n2c(C)cc(C3C(c4ccccn4)NC(=S)N3CCC(=O)Nc3ccccc3F)c2C)cc1. The molecule has 2 aromatic heterocycles. The van der Waals surface area contributed by atoms with Crippen LogP contribution < -0.4 is 10.6 Å². The maximum atomic E-state index is 14.1. The topological polar surface area (TPSA) is 62.2 Å². The number of carbonyl (C=O) groups excluding carboxylic acids is 1. The molecule has 8 heteroatoms. The molecule has 1 aliphatic rings. The van der Waals surface area contributed by atoms with E-state index in [0.29, 0.717) is 11.7 Å². The molecule has 2 aromatic carbocycles. The van der Waals surface area contributed by atoms with Crippen LogP contribution in [0, 0.1) is 19.7 Å². The second-order valence-corrected chi connectivity index (χ2v) is 10.2. The van der Waals surface area contributed by atoms with E-state index in [2.05, 4.69) is 76.2 Å². The van der Waals surface area contributed by atoms with Crippen molar-refractivity contribution < 1.29 is 9.18 Å². The molecule has 2 unspecified atom stereocenters. The zero-order chi connectivity index (χ0) is 27.5. The van der Waals surface area contributed by atoms with Crippen LogP contribution in [0.5, 0.6) is 0 Å². The Hall–Kier alpha value is -4.04. The van der Waals surface area contributed by atoms with Crippen LogP contribution >= 0.6 is 12.2 Å². The number of halogens is 1. The number of anilines is 1. The fraction of sp³-hybridized carbons (Fsp3) is 0.258. The molecule has 0 radical (unpaired) electrons. The Morgan fingerprint density at radius 1 is 1.08 bits per heavy atom. The fourth-order valence-corrected chi connectivity index (χ4v) is 5.68. The molecule has 0 bridgehead atoms. The first-order valence-corrected chi connectivity index (χ1v) is 13.6. The summed E-state index contributed by atoms with van der Waals surface area (Å²) in [5.41, 5.74) is 6.78. The number of hydrogen-bond donors (Lipinski definition) is 2. The second kappa shape index (κ2) is 11.4. The number of nitrogens with zero attached hydrogens (tertiary/aromatic N) is 3. The normalized spacial score (nSPS) is 16.8. The summed E-state index contributed by atoms with van der Waals surface area (Å²) >= 11 is 5.79. The molecule has 1 aliphatic heterocycles. The molecule has 1 fully saturated rings. The molecule has 6 nitrogen and oxygen atoms in total. The predicted octanol–water partition coefficient (Wildman–Crippen LogP) is 6.19. The molecule has 4 aromatic rings. The number of rotatable bonds is 8. The van der Waals surface area contributed by atoms with Gasteiger partial charge in [0.25, 0.3) is 0 Å². The first-order chi connectivity index (χ1) is 18.9. The Labute approximate surface area is 233 Å². The van der Waals surface area contributed by atoms with Gasteiger partial charge in [-0.25, -0.2) is 4.39 Å². The van der Waals surface area contributed by atoms with E-state index in [0.717, 1.165) is 34.8 Å². The number of aryl methyl sites for hydroxylation is 2. The molecule has 200 valence electrons. The monoisotopic (exact) mass is 541 g/mol. The Morgan fingerprint density at radius 3 is 2.51 bits per heavy atom. The molecule has 39 heavy (non-hydrogen) atoms. The highest BCUT2D eigenvalue weighted by atomic mass is 32.1. The lowest BCUT2D eigenvalue weighted by molar-refractivity contribution is -0.116. The maximum Gasteiger partial charge on any atom is 0.226 e. The number of carbonyl (C=O) groups is 1. The standard InChI is InChI=1S/C31H32FN5OS/c1-4-22-12-14-23(15-13-22)37-20(2)19-24(21(37)3)30-29(27-11-7-8-17-33-27)35-31(39)36(30)18-16-28(38)34-26-10-6-5-9-25(26)32/h5-15,17,19,29-30H,4,16,18H2,1-3H3,(H,34,38)(H,35,39). The minimum absolute atomic E-state index is 0.152. The van der Waals surface area contributed by atoms with Gasteiger partial charge in [0.05, 0.1) is 23.5 Å². The average Bonchev–Trinajstić information content (AvgIpc) is 3.43. The highest BCUT2D eigenvalue weighted by Gasteiger charge is 2.41. The maximum absolute atomic E-state index is 14.1. The van der Waals surface area contributed by atoms with E-state index in [9.17, 15) is 9.18 Å². The summed E-state index contributed by atoms with van der Waals surface area (Å²) in [6.07, 6.45) is 2.92. The summed E-state index contributed by atoms with van der Waals surface area (Å²) in [4.78, 5) is 19.5. The Bertz CT molecular complexity index is 1480. The minimum atomic E-state index is -0.461. The number of benzene rings is 2. The Balaban J connectivity index is 1.47. The van der Waals surface area contributed by atoms with Crippen molar-refractivity contribution in [3.63, 3.8) is 0 Å². The van der Waals surface area contributed by atoms with Crippen molar-refractivity contribution in [3.05, 3.63) is 113 Å². The smallest absolute Gasteiger partial charge is 0.226 e. The quantitative estimate of drug-likeness (QED) is 0.261. The third-order valence-corrected chi connectivity index (χ3v) is 7.67. The highest BCUT2D eigenvalue weighted by molar-refractivity contribution is 7.80. The largest absolute Gasteiger partial charge is 0.352 e. The van der Waals surface area contributed by atoms with Crippen LogP contribution in [0.25, 0.3) is 5.69 Å². The first-order valence-electron chi connectivity index (χ1n) is 13.2. The summed E-state index contributed by atoms with van der Waals surface area (Å²) in [6.45, 7) is 6.75. The number of nitrogens with one attached hydrogen (secondary N) is 2. The molecule has 2 N–H and O–H groups in total. The van der Waals surface area contributed by atoms with E-state index in [4.69, 9.17) is 12.2 Å². The van der Waals surface area contributed by atoms with Crippen molar-refractivity contribution in [1.29, 1.82) is 0 Å². The third kappa shape index (κ3) is 5.43. The van der Waals surface area contributed by atoms with Gasteiger partial charge in [0.1, 0.15) is 5.82 Å². The lowest BCUT2D eigenvalue weighted by Crippen LogP contribution is -2.33. The number of aromatic nitrogens is 2. The van der Waals surface area contributed by atoms with Crippen molar-refractivity contribution in [2.45, 2.75) is 45.7 Å². The van der Waals surface area contributed by atoms with E-state index in [1.807, 2.05) is 18.2 Å². The minimum Gasteiger partial charge on any atom is -0.352 e. The number of para-hydroxylation sites is 1. The summed E-state index contributed by atoms with van der Waals surface area (Å²) < 4.78 is 16.3. The van der Waals surface area contributed by atoms with Crippen LogP contribution in [-0.4, -0.2) is 32.0 Å². The van der Waals surface area contributed by atoms with Crippen LogP contribution in [0.15, 0.2) is 79.0 Å². The fourth-order valence-electron chi connectivity index (χ4n) is 5.35. The third-order valence-electron chi connectivity index (χ3n) is 7.32. The Kier molecular flexibility index (Phi) is 7.74. The number of thiocarbonyl (C=S) groups is 1. The van der Waals surface area contributed by atoms with Gasteiger partial charge in [-0.15, -0.1) is 0 Å². The molecular weight excluding hydrogens is 509 g/mol. The van der Waals surface area contributed by atoms with E-state index >= 15 is 0 Å².